The maximum Gasteiger partial charge on any atom is 0.233 e. The molecule has 4 nitrogen and oxygen atoms in total. The van der Waals surface area contributed by atoms with Gasteiger partial charge in [0, 0.05) is 17.6 Å². The molecule has 20 heavy (non-hydrogen) atoms. The highest BCUT2D eigenvalue weighted by Gasteiger charge is 2.11. The summed E-state index contributed by atoms with van der Waals surface area (Å²) in [4.78, 5) is 14.2. The van der Waals surface area contributed by atoms with Gasteiger partial charge in [0.15, 0.2) is 0 Å². The summed E-state index contributed by atoms with van der Waals surface area (Å²) in [5.74, 6) is 0.485. The number of nitrogen functional groups attached to an aromatic ring is 1. The Bertz CT molecular complexity index is 567. The van der Waals surface area contributed by atoms with Crippen LogP contribution in [0.1, 0.15) is 5.76 Å². The average molecular weight is 294 g/mol. The highest BCUT2D eigenvalue weighted by atomic mass is 32.2. The Morgan fingerprint density at radius 3 is 2.90 bits per heavy atom. The maximum absolute atomic E-state index is 13.2. The first kappa shape index (κ1) is 14.5. The summed E-state index contributed by atoms with van der Waals surface area (Å²) >= 11 is 1.26. The second-order valence-electron chi connectivity index (χ2n) is 4.34. The highest BCUT2D eigenvalue weighted by molar-refractivity contribution is 8.00. The van der Waals surface area contributed by atoms with Crippen molar-refractivity contribution in [3.8, 4) is 0 Å². The van der Waals surface area contributed by atoms with Crippen LogP contribution in [0.5, 0.6) is 0 Å². The second-order valence-corrected chi connectivity index (χ2v) is 5.39. The zero-order chi connectivity index (χ0) is 14.5. The van der Waals surface area contributed by atoms with Crippen molar-refractivity contribution in [3.05, 3.63) is 48.2 Å². The molecule has 1 aromatic heterocycles. The number of rotatable bonds is 5. The number of nitrogens with zero attached hydrogens (tertiary/aromatic N) is 1. The van der Waals surface area contributed by atoms with Crippen LogP contribution in [0.3, 0.4) is 0 Å². The Morgan fingerprint density at radius 1 is 1.45 bits per heavy atom. The van der Waals surface area contributed by atoms with Crippen LogP contribution < -0.4 is 5.73 Å². The minimum absolute atomic E-state index is 0.0609. The van der Waals surface area contributed by atoms with Crippen LogP contribution in [0.25, 0.3) is 0 Å². The van der Waals surface area contributed by atoms with Crippen molar-refractivity contribution < 1.29 is 13.6 Å². The monoisotopic (exact) mass is 294 g/mol. The Kier molecular flexibility index (Phi) is 4.68. The molecule has 0 saturated carbocycles. The number of anilines is 1. The topological polar surface area (TPSA) is 59.5 Å². The third kappa shape index (κ3) is 4.03. The van der Waals surface area contributed by atoms with E-state index in [2.05, 4.69) is 0 Å². The van der Waals surface area contributed by atoms with Gasteiger partial charge < -0.3 is 15.1 Å². The van der Waals surface area contributed by atoms with Gasteiger partial charge in [-0.05, 0) is 30.3 Å². The second kappa shape index (κ2) is 6.47. The number of furan rings is 1. The minimum Gasteiger partial charge on any atom is -0.467 e. The Hall–Kier alpha value is -1.95. The van der Waals surface area contributed by atoms with E-state index in [-0.39, 0.29) is 11.7 Å². The molecule has 0 aliphatic carbocycles. The number of hydrogen-bond donors (Lipinski definition) is 1. The fraction of sp³-hybridized carbons (Fsp3) is 0.214. The molecular formula is C14H15FN2O2S. The average Bonchev–Trinajstić information content (AvgIpc) is 2.87. The Balaban J connectivity index is 1.88. The molecular weight excluding hydrogens is 279 g/mol. The summed E-state index contributed by atoms with van der Waals surface area (Å²) in [6.07, 6.45) is 1.57. The van der Waals surface area contributed by atoms with Crippen LogP contribution in [0.4, 0.5) is 10.1 Å². The predicted molar refractivity (Wildman–Crippen MR) is 76.7 cm³/mol. The van der Waals surface area contributed by atoms with Gasteiger partial charge in [0.2, 0.25) is 5.91 Å². The van der Waals surface area contributed by atoms with E-state index in [0.29, 0.717) is 17.1 Å². The molecule has 0 radical (unpaired) electrons. The number of thioether (sulfide) groups is 1. The number of carbonyl (C=O) groups excluding carboxylic acids is 1. The fourth-order valence-electron chi connectivity index (χ4n) is 1.65. The van der Waals surface area contributed by atoms with Crippen molar-refractivity contribution in [2.75, 3.05) is 18.5 Å². The summed E-state index contributed by atoms with van der Waals surface area (Å²) in [6.45, 7) is 0.414. The van der Waals surface area contributed by atoms with E-state index >= 15 is 0 Å². The molecule has 2 aromatic rings. The molecule has 2 N–H and O–H groups in total. The first-order valence-electron chi connectivity index (χ1n) is 6.00. The highest BCUT2D eigenvalue weighted by Crippen LogP contribution is 2.22. The van der Waals surface area contributed by atoms with Gasteiger partial charge in [-0.15, -0.1) is 11.8 Å². The van der Waals surface area contributed by atoms with Crippen LogP contribution in [0.15, 0.2) is 45.9 Å². The fourth-order valence-corrected chi connectivity index (χ4v) is 2.57. The van der Waals surface area contributed by atoms with Gasteiger partial charge in [-0.1, -0.05) is 0 Å². The summed E-state index contributed by atoms with van der Waals surface area (Å²) in [6, 6.07) is 7.84. The lowest BCUT2D eigenvalue weighted by atomic mass is 10.3. The number of hydrogen-bond acceptors (Lipinski definition) is 4. The molecule has 1 aromatic carbocycles. The lowest BCUT2D eigenvalue weighted by molar-refractivity contribution is -0.127. The number of halogens is 1. The minimum atomic E-state index is -0.399. The molecule has 6 heteroatoms. The van der Waals surface area contributed by atoms with Crippen LogP contribution in [0.2, 0.25) is 0 Å². The lowest BCUT2D eigenvalue weighted by Crippen LogP contribution is -2.27. The van der Waals surface area contributed by atoms with Crippen LogP contribution in [-0.4, -0.2) is 23.6 Å². The molecule has 0 saturated heterocycles. The van der Waals surface area contributed by atoms with Gasteiger partial charge in [-0.2, -0.15) is 0 Å². The quantitative estimate of drug-likeness (QED) is 0.680. The predicted octanol–water partition coefficient (Wildman–Crippen LogP) is 2.75. The summed E-state index contributed by atoms with van der Waals surface area (Å²) in [7, 11) is 1.70. The van der Waals surface area contributed by atoms with Crippen LogP contribution in [-0.2, 0) is 11.3 Å². The normalized spacial score (nSPS) is 10.5. The summed E-state index contributed by atoms with van der Waals surface area (Å²) in [5, 5.41) is 0. The van der Waals surface area contributed by atoms with Gasteiger partial charge in [0.25, 0.3) is 0 Å². The van der Waals surface area contributed by atoms with Gasteiger partial charge in [-0.25, -0.2) is 4.39 Å². The van der Waals surface area contributed by atoms with Crippen molar-refractivity contribution in [1.29, 1.82) is 0 Å². The molecule has 2 rings (SSSR count). The lowest BCUT2D eigenvalue weighted by Gasteiger charge is -2.15. The number of nitrogens with two attached hydrogens (primary N) is 1. The molecule has 0 fully saturated rings. The van der Waals surface area contributed by atoms with Crippen LogP contribution >= 0.6 is 11.8 Å². The van der Waals surface area contributed by atoms with Gasteiger partial charge in [0.1, 0.15) is 11.6 Å². The zero-order valence-corrected chi connectivity index (χ0v) is 11.8. The molecule has 106 valence electrons. The summed E-state index contributed by atoms with van der Waals surface area (Å²) < 4.78 is 18.3. The van der Waals surface area contributed by atoms with E-state index in [1.54, 1.807) is 30.3 Å². The Morgan fingerprint density at radius 2 is 2.25 bits per heavy atom. The molecule has 0 aliphatic rings. The van der Waals surface area contributed by atoms with Gasteiger partial charge >= 0.3 is 0 Å². The number of benzene rings is 1. The van der Waals surface area contributed by atoms with Gasteiger partial charge in [-0.3, -0.25) is 4.79 Å². The maximum atomic E-state index is 13.2. The molecule has 0 unspecified atom stereocenters. The van der Waals surface area contributed by atoms with E-state index < -0.39 is 5.82 Å². The smallest absolute Gasteiger partial charge is 0.233 e. The number of carbonyl (C=O) groups is 1. The third-order valence-electron chi connectivity index (χ3n) is 2.65. The van der Waals surface area contributed by atoms with E-state index in [1.807, 2.05) is 6.07 Å². The van der Waals surface area contributed by atoms with Crippen molar-refractivity contribution in [1.82, 2.24) is 4.90 Å². The van der Waals surface area contributed by atoms with E-state index in [0.717, 1.165) is 5.76 Å². The third-order valence-corrected chi connectivity index (χ3v) is 3.62. The van der Waals surface area contributed by atoms with Crippen molar-refractivity contribution in [2.45, 2.75) is 11.4 Å². The molecule has 0 aliphatic heterocycles. The molecule has 1 heterocycles. The van der Waals surface area contributed by atoms with Crippen molar-refractivity contribution in [2.24, 2.45) is 0 Å². The summed E-state index contributed by atoms with van der Waals surface area (Å²) in [5.41, 5.74) is 5.91. The Labute approximate surface area is 120 Å². The molecule has 1 amide bonds. The van der Waals surface area contributed by atoms with E-state index in [1.165, 1.54) is 23.9 Å². The molecule has 0 spiro atoms. The number of amides is 1. The van der Waals surface area contributed by atoms with E-state index in [9.17, 15) is 9.18 Å². The molecule has 0 bridgehead atoms. The molecule has 0 atom stereocenters. The standard InChI is InChI=1S/C14H15FN2O2S/c1-17(8-12-3-2-4-19-12)14(18)9-20-13-6-10(15)5-11(16)7-13/h2-7H,8-9,16H2,1H3. The SMILES string of the molecule is CN(Cc1ccco1)C(=O)CSc1cc(N)cc(F)c1. The largest absolute Gasteiger partial charge is 0.467 e. The van der Waals surface area contributed by atoms with Crippen molar-refractivity contribution in [3.63, 3.8) is 0 Å². The first-order chi connectivity index (χ1) is 9.54. The van der Waals surface area contributed by atoms with Gasteiger partial charge in [0.05, 0.1) is 18.6 Å². The van der Waals surface area contributed by atoms with E-state index in [4.69, 9.17) is 10.2 Å². The van der Waals surface area contributed by atoms with Crippen molar-refractivity contribution >= 4 is 23.4 Å². The zero-order valence-electron chi connectivity index (χ0n) is 11.0. The first-order valence-corrected chi connectivity index (χ1v) is 6.98. The van der Waals surface area contributed by atoms with Crippen LogP contribution in [0, 0.1) is 5.82 Å².